The molecule has 1 aliphatic heterocycles. The summed E-state index contributed by atoms with van der Waals surface area (Å²) in [4.78, 5) is 23.9. The lowest BCUT2D eigenvalue weighted by molar-refractivity contribution is -0.136. The van der Waals surface area contributed by atoms with Crippen LogP contribution in [0.5, 0.6) is 5.75 Å². The molecule has 0 aromatic heterocycles. The number of nitrogens with zero attached hydrogens (tertiary/aromatic N) is 1. The van der Waals surface area contributed by atoms with E-state index in [1.54, 1.807) is 4.90 Å². The molecular weight excluding hydrogens is 225 g/mol. The number of methoxy groups -OCH3 is 1. The lowest BCUT2D eigenvalue weighted by Crippen LogP contribution is -2.41. The van der Waals surface area contributed by atoms with Crippen molar-refractivity contribution in [2.45, 2.75) is 6.42 Å². The molecule has 1 aliphatic rings. The summed E-state index contributed by atoms with van der Waals surface area (Å²) >= 11 is 0. The summed E-state index contributed by atoms with van der Waals surface area (Å²) in [6, 6.07) is 4.32. The number of anilines is 1. The zero-order valence-corrected chi connectivity index (χ0v) is 9.40. The van der Waals surface area contributed by atoms with Crippen molar-refractivity contribution >= 4 is 17.3 Å². The third-order valence-corrected chi connectivity index (χ3v) is 2.75. The minimum absolute atomic E-state index is 0.0665. The van der Waals surface area contributed by atoms with Crippen molar-refractivity contribution in [3.63, 3.8) is 0 Å². The summed E-state index contributed by atoms with van der Waals surface area (Å²) in [5.74, 6) is -0.762. The average Bonchev–Trinajstić information content (AvgIpc) is 2.33. The quantitative estimate of drug-likeness (QED) is 0.725. The summed E-state index contributed by atoms with van der Waals surface area (Å²) in [5, 5.41) is 0. The molecule has 17 heavy (non-hydrogen) atoms. The molecule has 5 heteroatoms. The first-order valence-corrected chi connectivity index (χ1v) is 5.26. The maximum Gasteiger partial charge on any atom is 0.217 e. The van der Waals surface area contributed by atoms with Crippen LogP contribution in [0.2, 0.25) is 0 Å². The van der Waals surface area contributed by atoms with Gasteiger partial charge in [-0.3, -0.25) is 9.59 Å². The number of Topliss-reactive ketones (excluding diaryl/α,β-unsaturated/α-hetero) is 2. The van der Waals surface area contributed by atoms with Crippen LogP contribution < -0.4 is 9.64 Å². The third kappa shape index (κ3) is 2.27. The van der Waals surface area contributed by atoms with Crippen LogP contribution in [-0.2, 0) is 9.59 Å². The molecule has 0 spiro atoms. The zero-order valence-electron chi connectivity index (χ0n) is 9.40. The molecule has 0 N–H and O–H groups in total. The van der Waals surface area contributed by atoms with E-state index in [9.17, 15) is 14.0 Å². The van der Waals surface area contributed by atoms with E-state index in [0.717, 1.165) is 0 Å². The molecule has 0 atom stereocenters. The van der Waals surface area contributed by atoms with Gasteiger partial charge in [0.15, 0.2) is 0 Å². The topological polar surface area (TPSA) is 46.6 Å². The lowest BCUT2D eigenvalue weighted by atomic mass is 10.1. The first kappa shape index (κ1) is 11.6. The summed E-state index contributed by atoms with van der Waals surface area (Å²) in [5.41, 5.74) is 0.296. The molecule has 4 nitrogen and oxygen atoms in total. The largest absolute Gasteiger partial charge is 0.497 e. The van der Waals surface area contributed by atoms with E-state index in [0.29, 0.717) is 18.0 Å². The second kappa shape index (κ2) is 4.53. The van der Waals surface area contributed by atoms with Gasteiger partial charge in [-0.15, -0.1) is 0 Å². The Balaban J connectivity index is 2.27. The van der Waals surface area contributed by atoms with Gasteiger partial charge in [-0.25, -0.2) is 4.39 Å². The van der Waals surface area contributed by atoms with E-state index in [2.05, 4.69) is 0 Å². The minimum atomic E-state index is -0.474. The minimum Gasteiger partial charge on any atom is -0.497 e. The van der Waals surface area contributed by atoms with Crippen LogP contribution in [-0.4, -0.2) is 31.8 Å². The number of hydrogen-bond acceptors (Lipinski definition) is 4. The highest BCUT2D eigenvalue weighted by Crippen LogP contribution is 2.26. The number of carbonyl (C=O) groups is 2. The molecule has 1 aromatic rings. The smallest absolute Gasteiger partial charge is 0.217 e. The zero-order chi connectivity index (χ0) is 12.4. The van der Waals surface area contributed by atoms with Gasteiger partial charge in [0.05, 0.1) is 19.3 Å². The SMILES string of the molecule is COc1ccc(F)c(N2CCC(=O)C(=O)C2)c1. The number of ether oxygens (including phenoxy) is 1. The fraction of sp³-hybridized carbons (Fsp3) is 0.333. The maximum atomic E-state index is 13.6. The van der Waals surface area contributed by atoms with Gasteiger partial charge in [0, 0.05) is 19.0 Å². The van der Waals surface area contributed by atoms with E-state index in [1.165, 1.54) is 25.3 Å². The number of piperidine rings is 1. The molecule has 0 aliphatic carbocycles. The van der Waals surface area contributed by atoms with E-state index in [1.807, 2.05) is 0 Å². The number of halogens is 1. The van der Waals surface area contributed by atoms with Crippen LogP contribution in [0, 0.1) is 5.82 Å². The maximum absolute atomic E-state index is 13.6. The first-order valence-electron chi connectivity index (χ1n) is 5.26. The Bertz CT molecular complexity index is 473. The molecular formula is C12H12FNO3. The van der Waals surface area contributed by atoms with Crippen LogP contribution in [0.25, 0.3) is 0 Å². The number of ketones is 2. The highest BCUT2D eigenvalue weighted by molar-refractivity contribution is 6.39. The van der Waals surface area contributed by atoms with Gasteiger partial charge in [0.25, 0.3) is 0 Å². The summed E-state index contributed by atoms with van der Waals surface area (Å²) < 4.78 is 18.6. The predicted molar refractivity (Wildman–Crippen MR) is 59.8 cm³/mol. The molecule has 2 rings (SSSR count). The van der Waals surface area contributed by atoms with Crippen molar-refractivity contribution in [2.24, 2.45) is 0 Å². The Labute approximate surface area is 98.0 Å². The Morgan fingerprint density at radius 1 is 1.29 bits per heavy atom. The normalized spacial score (nSPS) is 16.2. The van der Waals surface area contributed by atoms with Gasteiger partial charge in [-0.1, -0.05) is 0 Å². The van der Waals surface area contributed by atoms with Crippen molar-refractivity contribution in [1.29, 1.82) is 0 Å². The van der Waals surface area contributed by atoms with Crippen LogP contribution in [0.4, 0.5) is 10.1 Å². The highest BCUT2D eigenvalue weighted by atomic mass is 19.1. The van der Waals surface area contributed by atoms with Crippen LogP contribution in [0.3, 0.4) is 0 Å². The fourth-order valence-corrected chi connectivity index (χ4v) is 1.78. The Morgan fingerprint density at radius 3 is 2.71 bits per heavy atom. The fourth-order valence-electron chi connectivity index (χ4n) is 1.78. The van der Waals surface area contributed by atoms with E-state index < -0.39 is 11.6 Å². The molecule has 0 bridgehead atoms. The van der Waals surface area contributed by atoms with Crippen molar-refractivity contribution < 1.29 is 18.7 Å². The molecule has 1 saturated heterocycles. The number of hydrogen-bond donors (Lipinski definition) is 0. The lowest BCUT2D eigenvalue weighted by Gasteiger charge is -2.27. The molecule has 0 saturated carbocycles. The molecule has 90 valence electrons. The molecule has 1 heterocycles. The van der Waals surface area contributed by atoms with Crippen molar-refractivity contribution in [3.05, 3.63) is 24.0 Å². The van der Waals surface area contributed by atoms with Gasteiger partial charge in [0.1, 0.15) is 11.6 Å². The summed E-state index contributed by atoms with van der Waals surface area (Å²) in [7, 11) is 1.49. The number of benzene rings is 1. The molecule has 0 radical (unpaired) electrons. The molecule has 1 fully saturated rings. The summed E-state index contributed by atoms with van der Waals surface area (Å²) in [6.45, 7) is 0.289. The first-order chi connectivity index (χ1) is 8.11. The van der Waals surface area contributed by atoms with Gasteiger partial charge in [-0.2, -0.15) is 0 Å². The third-order valence-electron chi connectivity index (χ3n) is 2.75. The van der Waals surface area contributed by atoms with E-state index in [-0.39, 0.29) is 18.7 Å². The molecule has 1 aromatic carbocycles. The second-order valence-corrected chi connectivity index (χ2v) is 3.84. The monoisotopic (exact) mass is 237 g/mol. The van der Waals surface area contributed by atoms with Crippen molar-refractivity contribution in [3.8, 4) is 5.75 Å². The Hall–Kier alpha value is -1.91. The van der Waals surface area contributed by atoms with Crippen LogP contribution >= 0.6 is 0 Å². The van der Waals surface area contributed by atoms with Gasteiger partial charge in [0.2, 0.25) is 11.6 Å². The Morgan fingerprint density at radius 2 is 2.06 bits per heavy atom. The highest BCUT2D eigenvalue weighted by Gasteiger charge is 2.26. The van der Waals surface area contributed by atoms with Crippen LogP contribution in [0.15, 0.2) is 18.2 Å². The number of carbonyl (C=O) groups excluding carboxylic acids is 2. The predicted octanol–water partition coefficient (Wildman–Crippen LogP) is 1.18. The van der Waals surface area contributed by atoms with Gasteiger partial charge in [-0.05, 0) is 12.1 Å². The average molecular weight is 237 g/mol. The summed E-state index contributed by atoms with van der Waals surface area (Å²) in [6.07, 6.45) is 0.134. The van der Waals surface area contributed by atoms with Crippen LogP contribution in [0.1, 0.15) is 6.42 Å². The molecule has 0 unspecified atom stereocenters. The van der Waals surface area contributed by atoms with E-state index in [4.69, 9.17) is 4.74 Å². The van der Waals surface area contributed by atoms with E-state index >= 15 is 0 Å². The Kier molecular flexibility index (Phi) is 3.08. The van der Waals surface area contributed by atoms with Crippen molar-refractivity contribution in [2.75, 3.05) is 25.1 Å². The number of rotatable bonds is 2. The van der Waals surface area contributed by atoms with Crippen molar-refractivity contribution in [1.82, 2.24) is 0 Å². The molecule has 0 amide bonds. The van der Waals surface area contributed by atoms with Gasteiger partial charge >= 0.3 is 0 Å². The standard InChI is InChI=1S/C12H12FNO3/c1-17-8-2-3-9(13)10(6-8)14-5-4-11(15)12(16)7-14/h2-3,6H,4-5,7H2,1H3. The second-order valence-electron chi connectivity index (χ2n) is 3.84. The van der Waals surface area contributed by atoms with Gasteiger partial charge < -0.3 is 9.64 Å².